The lowest BCUT2D eigenvalue weighted by Gasteiger charge is -2.20. The normalized spacial score (nSPS) is 12.0. The SMILES string of the molecule is CC(C)[C@H](NC(=O)OCc1ccccc1)C(=O)CN. The van der Waals surface area contributed by atoms with Crippen molar-refractivity contribution < 1.29 is 14.3 Å². The molecule has 0 spiro atoms. The highest BCUT2D eigenvalue weighted by molar-refractivity contribution is 5.88. The van der Waals surface area contributed by atoms with Crippen LogP contribution >= 0.6 is 0 Å². The van der Waals surface area contributed by atoms with Gasteiger partial charge in [0.2, 0.25) is 0 Å². The topological polar surface area (TPSA) is 81.4 Å². The first-order valence-corrected chi connectivity index (χ1v) is 6.24. The van der Waals surface area contributed by atoms with Crippen molar-refractivity contribution in [1.82, 2.24) is 5.32 Å². The van der Waals surface area contributed by atoms with Crippen LogP contribution in [0.1, 0.15) is 19.4 Å². The molecule has 1 rings (SSSR count). The third kappa shape index (κ3) is 5.09. The quantitative estimate of drug-likeness (QED) is 0.815. The second-order valence-electron chi connectivity index (χ2n) is 4.60. The monoisotopic (exact) mass is 264 g/mol. The Hall–Kier alpha value is -1.88. The number of nitrogens with one attached hydrogen (secondary N) is 1. The molecule has 0 aromatic heterocycles. The lowest BCUT2D eigenvalue weighted by Crippen LogP contribution is -2.46. The molecule has 0 aliphatic carbocycles. The number of carbonyl (C=O) groups is 2. The molecule has 1 aromatic carbocycles. The molecular weight excluding hydrogens is 244 g/mol. The van der Waals surface area contributed by atoms with E-state index in [0.717, 1.165) is 5.56 Å². The maximum atomic E-state index is 11.6. The Morgan fingerprint density at radius 2 is 1.89 bits per heavy atom. The number of rotatable bonds is 6. The predicted octanol–water partition coefficient (Wildman–Crippen LogP) is 1.47. The van der Waals surface area contributed by atoms with E-state index >= 15 is 0 Å². The van der Waals surface area contributed by atoms with Gasteiger partial charge in [-0.3, -0.25) is 4.79 Å². The summed E-state index contributed by atoms with van der Waals surface area (Å²) in [5.74, 6) is -0.230. The second kappa shape index (κ2) is 7.53. The minimum Gasteiger partial charge on any atom is -0.445 e. The van der Waals surface area contributed by atoms with Gasteiger partial charge in [0.05, 0.1) is 12.6 Å². The molecule has 0 fully saturated rings. The molecule has 3 N–H and O–H groups in total. The highest BCUT2D eigenvalue weighted by Crippen LogP contribution is 2.04. The van der Waals surface area contributed by atoms with Gasteiger partial charge in [0.25, 0.3) is 0 Å². The highest BCUT2D eigenvalue weighted by atomic mass is 16.5. The largest absolute Gasteiger partial charge is 0.445 e. The maximum Gasteiger partial charge on any atom is 0.408 e. The van der Waals surface area contributed by atoms with Gasteiger partial charge in [-0.25, -0.2) is 4.79 Å². The molecule has 0 unspecified atom stereocenters. The lowest BCUT2D eigenvalue weighted by molar-refractivity contribution is -0.120. The first-order valence-electron chi connectivity index (χ1n) is 6.24. The number of ketones is 1. The van der Waals surface area contributed by atoms with Gasteiger partial charge >= 0.3 is 6.09 Å². The zero-order valence-electron chi connectivity index (χ0n) is 11.3. The van der Waals surface area contributed by atoms with Crippen LogP contribution < -0.4 is 11.1 Å². The molecule has 0 bridgehead atoms. The van der Waals surface area contributed by atoms with Gasteiger partial charge in [-0.15, -0.1) is 0 Å². The summed E-state index contributed by atoms with van der Waals surface area (Å²) in [6.07, 6.45) is -0.607. The minimum absolute atomic E-state index is 0.0275. The van der Waals surface area contributed by atoms with Gasteiger partial charge in [0, 0.05) is 0 Å². The number of amides is 1. The molecule has 0 saturated heterocycles. The van der Waals surface area contributed by atoms with Crippen molar-refractivity contribution in [1.29, 1.82) is 0 Å². The molecule has 104 valence electrons. The lowest BCUT2D eigenvalue weighted by atomic mass is 10.0. The summed E-state index contributed by atoms with van der Waals surface area (Å²) in [6, 6.07) is 8.74. The fraction of sp³-hybridized carbons (Fsp3) is 0.429. The van der Waals surface area contributed by atoms with Crippen LogP contribution in [0, 0.1) is 5.92 Å². The van der Waals surface area contributed by atoms with Crippen LogP contribution in [0.25, 0.3) is 0 Å². The Morgan fingerprint density at radius 3 is 2.42 bits per heavy atom. The third-order valence-electron chi connectivity index (χ3n) is 2.70. The molecule has 5 heteroatoms. The Kier molecular flexibility index (Phi) is 6.02. The van der Waals surface area contributed by atoms with E-state index in [-0.39, 0.29) is 24.9 Å². The third-order valence-corrected chi connectivity index (χ3v) is 2.70. The number of hydrogen-bond acceptors (Lipinski definition) is 4. The number of Topliss-reactive ketones (excluding diaryl/α,β-unsaturated/α-hetero) is 1. The number of hydrogen-bond donors (Lipinski definition) is 2. The Balaban J connectivity index is 2.47. The van der Waals surface area contributed by atoms with E-state index in [1.807, 2.05) is 44.2 Å². The number of carbonyl (C=O) groups excluding carboxylic acids is 2. The van der Waals surface area contributed by atoms with Crippen molar-refractivity contribution in [2.75, 3.05) is 6.54 Å². The smallest absolute Gasteiger partial charge is 0.408 e. The molecule has 0 aliphatic rings. The summed E-state index contributed by atoms with van der Waals surface area (Å²) in [6.45, 7) is 3.77. The maximum absolute atomic E-state index is 11.6. The molecular formula is C14H20N2O3. The standard InChI is InChI=1S/C14H20N2O3/c1-10(2)13(12(17)8-15)16-14(18)19-9-11-6-4-3-5-7-11/h3-7,10,13H,8-9,15H2,1-2H3,(H,16,18)/t13-/m0/s1. The Bertz CT molecular complexity index is 418. The molecule has 5 nitrogen and oxygen atoms in total. The van der Waals surface area contributed by atoms with E-state index in [4.69, 9.17) is 10.5 Å². The van der Waals surface area contributed by atoms with Crippen LogP contribution in [-0.4, -0.2) is 24.5 Å². The van der Waals surface area contributed by atoms with Gasteiger partial charge in [0.1, 0.15) is 6.61 Å². The Labute approximate surface area is 113 Å². The molecule has 0 saturated carbocycles. The molecule has 0 heterocycles. The van der Waals surface area contributed by atoms with Crippen molar-refractivity contribution in [3.05, 3.63) is 35.9 Å². The fourth-order valence-corrected chi connectivity index (χ4v) is 1.64. The van der Waals surface area contributed by atoms with E-state index in [1.54, 1.807) is 0 Å². The average Bonchev–Trinajstić information content (AvgIpc) is 2.42. The van der Waals surface area contributed by atoms with Crippen molar-refractivity contribution in [3.8, 4) is 0 Å². The number of benzene rings is 1. The summed E-state index contributed by atoms with van der Waals surface area (Å²) >= 11 is 0. The molecule has 0 aliphatic heterocycles. The summed E-state index contributed by atoms with van der Waals surface area (Å²) in [7, 11) is 0. The number of ether oxygens (including phenoxy) is 1. The summed E-state index contributed by atoms with van der Waals surface area (Å²) in [5.41, 5.74) is 6.20. The predicted molar refractivity (Wildman–Crippen MR) is 72.5 cm³/mol. The fourth-order valence-electron chi connectivity index (χ4n) is 1.64. The average molecular weight is 264 g/mol. The molecule has 0 radical (unpaired) electrons. The number of alkyl carbamates (subject to hydrolysis) is 1. The van der Waals surface area contributed by atoms with E-state index in [9.17, 15) is 9.59 Å². The minimum atomic E-state index is -0.607. The zero-order valence-corrected chi connectivity index (χ0v) is 11.3. The van der Waals surface area contributed by atoms with E-state index in [2.05, 4.69) is 5.32 Å². The van der Waals surface area contributed by atoms with Gasteiger partial charge in [-0.1, -0.05) is 44.2 Å². The van der Waals surface area contributed by atoms with Crippen molar-refractivity contribution in [2.24, 2.45) is 11.7 Å². The van der Waals surface area contributed by atoms with Gasteiger partial charge in [0.15, 0.2) is 5.78 Å². The van der Waals surface area contributed by atoms with Gasteiger partial charge < -0.3 is 15.8 Å². The summed E-state index contributed by atoms with van der Waals surface area (Å²) in [5, 5.41) is 2.55. The first-order chi connectivity index (χ1) is 9.04. The molecule has 1 aromatic rings. The van der Waals surface area contributed by atoms with Crippen molar-refractivity contribution in [2.45, 2.75) is 26.5 Å². The molecule has 1 amide bonds. The molecule has 1 atom stereocenters. The van der Waals surface area contributed by atoms with Gasteiger partial charge in [-0.2, -0.15) is 0 Å². The van der Waals surface area contributed by atoms with Crippen molar-refractivity contribution >= 4 is 11.9 Å². The van der Waals surface area contributed by atoms with Crippen LogP contribution in [0.4, 0.5) is 4.79 Å². The van der Waals surface area contributed by atoms with E-state index in [1.165, 1.54) is 0 Å². The Morgan fingerprint density at radius 1 is 1.26 bits per heavy atom. The highest BCUT2D eigenvalue weighted by Gasteiger charge is 2.23. The van der Waals surface area contributed by atoms with Crippen LogP contribution in [0.15, 0.2) is 30.3 Å². The summed E-state index contributed by atoms with van der Waals surface area (Å²) in [4.78, 5) is 23.2. The van der Waals surface area contributed by atoms with Crippen LogP contribution in [0.5, 0.6) is 0 Å². The van der Waals surface area contributed by atoms with E-state index in [0.29, 0.717) is 0 Å². The molecule has 19 heavy (non-hydrogen) atoms. The van der Waals surface area contributed by atoms with Crippen molar-refractivity contribution in [3.63, 3.8) is 0 Å². The zero-order chi connectivity index (χ0) is 14.3. The van der Waals surface area contributed by atoms with Crippen LogP contribution in [0.3, 0.4) is 0 Å². The van der Waals surface area contributed by atoms with E-state index < -0.39 is 12.1 Å². The second-order valence-corrected chi connectivity index (χ2v) is 4.60. The first kappa shape index (κ1) is 15.2. The van der Waals surface area contributed by atoms with Crippen LogP contribution in [0.2, 0.25) is 0 Å². The number of nitrogens with two attached hydrogens (primary N) is 1. The summed E-state index contributed by atoms with van der Waals surface area (Å²) < 4.78 is 5.06. The van der Waals surface area contributed by atoms with Crippen LogP contribution in [-0.2, 0) is 16.1 Å². The van der Waals surface area contributed by atoms with Gasteiger partial charge in [-0.05, 0) is 11.5 Å².